The van der Waals surface area contributed by atoms with Crippen LogP contribution in [0.25, 0.3) is 11.1 Å². The number of nitrogens with zero attached hydrogens (tertiary/aromatic N) is 1. The third-order valence-corrected chi connectivity index (χ3v) is 6.26. The first-order valence-corrected chi connectivity index (χ1v) is 12.3. The largest absolute Gasteiger partial charge is 0.502 e. The minimum Gasteiger partial charge on any atom is -0.502 e. The molecule has 10 heteroatoms. The van der Waals surface area contributed by atoms with Crippen LogP contribution >= 0.6 is 0 Å². The highest BCUT2D eigenvalue weighted by molar-refractivity contribution is 6.01. The van der Waals surface area contributed by atoms with Crippen LogP contribution < -0.4 is 16.2 Å². The maximum atomic E-state index is 12.7. The number of aromatic hydroxyl groups is 1. The Labute approximate surface area is 224 Å². The molecule has 39 heavy (non-hydrogen) atoms. The van der Waals surface area contributed by atoms with Gasteiger partial charge in [-0.15, -0.1) is 0 Å². The molecule has 0 spiro atoms. The minimum absolute atomic E-state index is 0.0214. The standard InChI is InChI=1S/C29H28N4O6/c1-17(2)22-6-4-5-7-23(22)18(3)30-21-11-8-19(9-12-21)24-14-15-39-27(24)29(36)32-31-28(35)20-10-13-26(34)25(16-20)33(37)38/h4-18,30,34H,1-3H3,(H,31,35)(H,32,36). The van der Waals surface area contributed by atoms with Gasteiger partial charge in [-0.05, 0) is 59.9 Å². The molecule has 0 saturated carbocycles. The monoisotopic (exact) mass is 528 g/mol. The van der Waals surface area contributed by atoms with E-state index in [2.05, 4.69) is 49.1 Å². The molecule has 0 aliphatic carbocycles. The number of hydrazine groups is 1. The molecule has 4 aromatic rings. The van der Waals surface area contributed by atoms with Gasteiger partial charge in [0.15, 0.2) is 5.75 Å². The van der Waals surface area contributed by atoms with E-state index in [1.165, 1.54) is 23.5 Å². The lowest BCUT2D eigenvalue weighted by Crippen LogP contribution is -2.41. The van der Waals surface area contributed by atoms with Crippen LogP contribution in [0, 0.1) is 10.1 Å². The molecule has 0 saturated heterocycles. The van der Waals surface area contributed by atoms with Crippen LogP contribution in [0.2, 0.25) is 0 Å². The van der Waals surface area contributed by atoms with Crippen LogP contribution in [0.3, 0.4) is 0 Å². The Kier molecular flexibility index (Phi) is 7.95. The van der Waals surface area contributed by atoms with Crippen molar-refractivity contribution in [3.63, 3.8) is 0 Å². The van der Waals surface area contributed by atoms with E-state index < -0.39 is 28.2 Å². The molecule has 10 nitrogen and oxygen atoms in total. The maximum absolute atomic E-state index is 12.7. The number of anilines is 1. The van der Waals surface area contributed by atoms with Gasteiger partial charge in [0.25, 0.3) is 5.91 Å². The second-order valence-corrected chi connectivity index (χ2v) is 9.26. The molecular weight excluding hydrogens is 500 g/mol. The van der Waals surface area contributed by atoms with Crippen molar-refractivity contribution in [1.29, 1.82) is 0 Å². The predicted octanol–water partition coefficient (Wildman–Crippen LogP) is 5.93. The van der Waals surface area contributed by atoms with Gasteiger partial charge < -0.3 is 14.8 Å². The van der Waals surface area contributed by atoms with Crippen molar-refractivity contribution in [3.05, 3.63) is 112 Å². The quantitative estimate of drug-likeness (QED) is 0.164. The first kappa shape index (κ1) is 26.9. The zero-order valence-corrected chi connectivity index (χ0v) is 21.6. The average Bonchev–Trinajstić information content (AvgIpc) is 3.42. The van der Waals surface area contributed by atoms with Gasteiger partial charge >= 0.3 is 11.6 Å². The number of phenols is 1. The summed E-state index contributed by atoms with van der Waals surface area (Å²) in [6, 6.07) is 20.8. The smallest absolute Gasteiger partial charge is 0.311 e. The van der Waals surface area contributed by atoms with Crippen molar-refractivity contribution < 1.29 is 24.0 Å². The number of carbonyl (C=O) groups excluding carboxylic acids is 2. The molecule has 1 aromatic heterocycles. The van der Waals surface area contributed by atoms with Crippen molar-refractivity contribution in [2.24, 2.45) is 0 Å². The minimum atomic E-state index is -0.814. The average molecular weight is 529 g/mol. The van der Waals surface area contributed by atoms with Crippen LogP contribution in [-0.4, -0.2) is 21.8 Å². The molecule has 1 atom stereocenters. The van der Waals surface area contributed by atoms with Gasteiger partial charge in [0.1, 0.15) is 0 Å². The number of nitro groups is 1. The molecule has 2 amide bonds. The summed E-state index contributed by atoms with van der Waals surface area (Å²) < 4.78 is 5.37. The zero-order valence-electron chi connectivity index (χ0n) is 21.6. The van der Waals surface area contributed by atoms with Crippen LogP contribution in [-0.2, 0) is 0 Å². The van der Waals surface area contributed by atoms with Crippen molar-refractivity contribution in [1.82, 2.24) is 10.9 Å². The zero-order chi connectivity index (χ0) is 28.1. The topological polar surface area (TPSA) is 147 Å². The van der Waals surface area contributed by atoms with Crippen molar-refractivity contribution in [2.75, 3.05) is 5.32 Å². The number of rotatable bonds is 8. The molecule has 0 aliphatic rings. The number of hydrogen-bond donors (Lipinski definition) is 4. The third kappa shape index (κ3) is 6.07. The highest BCUT2D eigenvalue weighted by Gasteiger charge is 2.20. The van der Waals surface area contributed by atoms with Gasteiger partial charge in [0, 0.05) is 28.9 Å². The van der Waals surface area contributed by atoms with Crippen molar-refractivity contribution in [3.8, 4) is 16.9 Å². The fourth-order valence-corrected chi connectivity index (χ4v) is 4.27. The summed E-state index contributed by atoms with van der Waals surface area (Å²) in [5.74, 6) is -1.70. The molecule has 0 radical (unpaired) electrons. The normalized spacial score (nSPS) is 11.6. The molecule has 200 valence electrons. The number of nitro benzene ring substituents is 1. The fraction of sp³-hybridized carbons (Fsp3) is 0.172. The summed E-state index contributed by atoms with van der Waals surface area (Å²) in [6.45, 7) is 6.45. The summed E-state index contributed by atoms with van der Waals surface area (Å²) in [6.07, 6.45) is 1.37. The van der Waals surface area contributed by atoms with E-state index in [-0.39, 0.29) is 17.4 Å². The number of phenolic OH excluding ortho intramolecular Hbond substituents is 1. The van der Waals surface area contributed by atoms with E-state index in [0.29, 0.717) is 11.5 Å². The Bertz CT molecular complexity index is 1510. The van der Waals surface area contributed by atoms with Gasteiger partial charge in [-0.1, -0.05) is 50.2 Å². The Morgan fingerprint density at radius 1 is 0.897 bits per heavy atom. The molecular formula is C29H28N4O6. The van der Waals surface area contributed by atoms with Gasteiger partial charge in [-0.25, -0.2) is 0 Å². The van der Waals surface area contributed by atoms with E-state index in [1.54, 1.807) is 6.07 Å². The number of amides is 2. The Balaban J connectivity index is 1.42. The van der Waals surface area contributed by atoms with E-state index >= 15 is 0 Å². The number of carbonyl (C=O) groups is 2. The van der Waals surface area contributed by atoms with E-state index in [0.717, 1.165) is 23.4 Å². The van der Waals surface area contributed by atoms with Gasteiger partial charge in [0.2, 0.25) is 5.76 Å². The number of nitrogens with one attached hydrogen (secondary N) is 3. The third-order valence-electron chi connectivity index (χ3n) is 6.26. The van der Waals surface area contributed by atoms with E-state index in [9.17, 15) is 24.8 Å². The number of hydrogen-bond acceptors (Lipinski definition) is 7. The molecule has 1 heterocycles. The summed E-state index contributed by atoms with van der Waals surface area (Å²) in [4.78, 5) is 35.3. The number of furan rings is 1. The Hall–Kier alpha value is -5.12. The fourth-order valence-electron chi connectivity index (χ4n) is 4.27. The summed E-state index contributed by atoms with van der Waals surface area (Å²) >= 11 is 0. The maximum Gasteiger partial charge on any atom is 0.311 e. The lowest BCUT2D eigenvalue weighted by Gasteiger charge is -2.21. The van der Waals surface area contributed by atoms with Gasteiger partial charge in [-0.2, -0.15) is 0 Å². The lowest BCUT2D eigenvalue weighted by atomic mass is 9.93. The molecule has 3 aromatic carbocycles. The second-order valence-electron chi connectivity index (χ2n) is 9.26. The molecule has 0 bridgehead atoms. The molecule has 4 rings (SSSR count). The van der Waals surface area contributed by atoms with Crippen molar-refractivity contribution in [2.45, 2.75) is 32.7 Å². The molecule has 4 N–H and O–H groups in total. The molecule has 0 fully saturated rings. The first-order chi connectivity index (χ1) is 18.7. The van der Waals surface area contributed by atoms with Crippen LogP contribution in [0.1, 0.15) is 64.8 Å². The summed E-state index contributed by atoms with van der Waals surface area (Å²) in [5, 5.41) is 24.1. The summed E-state index contributed by atoms with van der Waals surface area (Å²) in [5.41, 5.74) is 8.39. The lowest BCUT2D eigenvalue weighted by molar-refractivity contribution is -0.385. The highest BCUT2D eigenvalue weighted by Crippen LogP contribution is 2.30. The van der Waals surface area contributed by atoms with E-state index in [4.69, 9.17) is 4.42 Å². The Morgan fingerprint density at radius 3 is 2.23 bits per heavy atom. The molecule has 1 unspecified atom stereocenters. The summed E-state index contributed by atoms with van der Waals surface area (Å²) in [7, 11) is 0. The van der Waals surface area contributed by atoms with Crippen LogP contribution in [0.4, 0.5) is 11.4 Å². The van der Waals surface area contributed by atoms with E-state index in [1.807, 2.05) is 36.4 Å². The first-order valence-electron chi connectivity index (χ1n) is 12.3. The van der Waals surface area contributed by atoms with Crippen molar-refractivity contribution >= 4 is 23.2 Å². The van der Waals surface area contributed by atoms with Gasteiger partial charge in [-0.3, -0.25) is 30.6 Å². The number of benzene rings is 3. The van der Waals surface area contributed by atoms with Crippen LogP contribution in [0.5, 0.6) is 5.75 Å². The second kappa shape index (κ2) is 11.5. The predicted molar refractivity (Wildman–Crippen MR) is 146 cm³/mol. The highest BCUT2D eigenvalue weighted by atomic mass is 16.6. The van der Waals surface area contributed by atoms with Crippen LogP contribution in [0.15, 0.2) is 83.5 Å². The SMILES string of the molecule is CC(C)c1ccccc1C(C)Nc1ccc(-c2ccoc2C(=O)NNC(=O)c2ccc(O)c([N+](=O)[O-])c2)cc1. The molecule has 0 aliphatic heterocycles. The van der Waals surface area contributed by atoms with Gasteiger partial charge in [0.05, 0.1) is 11.2 Å². The Morgan fingerprint density at radius 2 is 1.56 bits per heavy atom.